The average Bonchev–Trinajstić information content (AvgIpc) is 1.87. The molecule has 56 valence electrons. The van der Waals surface area contributed by atoms with Crippen LogP contribution < -0.4 is 0 Å². The van der Waals surface area contributed by atoms with Gasteiger partial charge in [0.15, 0.2) is 0 Å². The zero-order valence-electron chi connectivity index (χ0n) is 7.36. The van der Waals surface area contributed by atoms with Gasteiger partial charge in [-0.1, -0.05) is 35.5 Å². The fourth-order valence-electron chi connectivity index (χ4n) is 0.545. The van der Waals surface area contributed by atoms with E-state index in [2.05, 4.69) is 40.3 Å². The molecule has 0 aromatic carbocycles. The monoisotopic (exact) mass is 136 g/mol. The minimum Gasteiger partial charge on any atom is -0.0988 e. The zero-order chi connectivity index (χ0) is 8.15. The second-order valence-electron chi connectivity index (χ2n) is 2.78. The van der Waals surface area contributed by atoms with E-state index in [0.29, 0.717) is 0 Å². The van der Waals surface area contributed by atoms with Crippen molar-refractivity contribution in [2.45, 2.75) is 27.7 Å². The topological polar surface area (TPSA) is 0 Å². The van der Waals surface area contributed by atoms with Gasteiger partial charge >= 0.3 is 0 Å². The lowest BCUT2D eigenvalue weighted by atomic mass is 10.1. The van der Waals surface area contributed by atoms with Crippen molar-refractivity contribution in [1.82, 2.24) is 0 Å². The molecule has 0 bridgehead atoms. The number of rotatable bonds is 2. The zero-order valence-corrected chi connectivity index (χ0v) is 7.36. The Morgan fingerprint density at radius 3 is 1.90 bits per heavy atom. The van der Waals surface area contributed by atoms with Crippen LogP contribution in [0.4, 0.5) is 0 Å². The Bertz CT molecular complexity index is 176. The summed E-state index contributed by atoms with van der Waals surface area (Å²) in [4.78, 5) is 0. The highest BCUT2D eigenvalue weighted by molar-refractivity contribution is 5.28. The highest BCUT2D eigenvalue weighted by Crippen LogP contribution is 2.06. The van der Waals surface area contributed by atoms with Gasteiger partial charge in [-0.3, -0.25) is 0 Å². The minimum absolute atomic E-state index is 1.22. The number of hydrogen-bond donors (Lipinski definition) is 0. The Labute approximate surface area is 64.0 Å². The van der Waals surface area contributed by atoms with Gasteiger partial charge in [-0.05, 0) is 27.7 Å². The predicted octanol–water partition coefficient (Wildman–Crippen LogP) is 3.48. The van der Waals surface area contributed by atoms with Crippen molar-refractivity contribution in [3.63, 3.8) is 0 Å². The minimum atomic E-state index is 1.22. The van der Waals surface area contributed by atoms with E-state index in [1.807, 2.05) is 6.08 Å². The summed E-state index contributed by atoms with van der Waals surface area (Å²) in [5.41, 5.74) is 3.91. The lowest BCUT2D eigenvalue weighted by Crippen LogP contribution is -1.75. The van der Waals surface area contributed by atoms with Crippen molar-refractivity contribution < 1.29 is 0 Å². The largest absolute Gasteiger partial charge is 0.0988 e. The van der Waals surface area contributed by atoms with Gasteiger partial charge in [0.1, 0.15) is 0 Å². The molecule has 0 nitrogen and oxygen atoms in total. The lowest BCUT2D eigenvalue weighted by Gasteiger charge is -1.96. The van der Waals surface area contributed by atoms with Gasteiger partial charge < -0.3 is 0 Å². The van der Waals surface area contributed by atoms with Gasteiger partial charge in [-0.15, -0.1) is 0 Å². The summed E-state index contributed by atoms with van der Waals surface area (Å²) in [7, 11) is 0. The SMILES string of the molecule is C=C/C(C)=C\C(C)=C(C)C. The van der Waals surface area contributed by atoms with Crippen molar-refractivity contribution in [1.29, 1.82) is 0 Å². The van der Waals surface area contributed by atoms with Gasteiger partial charge in [0.05, 0.1) is 0 Å². The van der Waals surface area contributed by atoms with Gasteiger partial charge in [0.25, 0.3) is 0 Å². The Morgan fingerprint density at radius 1 is 1.10 bits per heavy atom. The molecule has 0 aliphatic carbocycles. The molecule has 10 heavy (non-hydrogen) atoms. The van der Waals surface area contributed by atoms with Crippen LogP contribution in [0.15, 0.2) is 35.5 Å². The summed E-state index contributed by atoms with van der Waals surface area (Å²) >= 11 is 0. The molecule has 0 spiro atoms. The Balaban J connectivity index is 4.42. The maximum Gasteiger partial charge on any atom is -0.0398 e. The summed E-state index contributed by atoms with van der Waals surface area (Å²) in [6.07, 6.45) is 4.01. The third-order valence-electron chi connectivity index (χ3n) is 1.55. The molecule has 0 rings (SSSR count). The van der Waals surface area contributed by atoms with E-state index in [0.717, 1.165) is 0 Å². The van der Waals surface area contributed by atoms with E-state index >= 15 is 0 Å². The van der Waals surface area contributed by atoms with Gasteiger partial charge in [0.2, 0.25) is 0 Å². The van der Waals surface area contributed by atoms with Crippen LogP contribution in [0.1, 0.15) is 27.7 Å². The number of allylic oxidation sites excluding steroid dienone is 5. The van der Waals surface area contributed by atoms with Gasteiger partial charge in [0, 0.05) is 0 Å². The maximum atomic E-state index is 3.68. The third-order valence-corrected chi connectivity index (χ3v) is 1.55. The maximum absolute atomic E-state index is 3.68. The van der Waals surface area contributed by atoms with E-state index in [4.69, 9.17) is 0 Å². The molecule has 0 atom stereocenters. The molecule has 0 saturated heterocycles. The molecule has 0 heteroatoms. The van der Waals surface area contributed by atoms with E-state index in [1.165, 1.54) is 16.7 Å². The summed E-state index contributed by atoms with van der Waals surface area (Å²) in [6.45, 7) is 12.1. The standard InChI is InChI=1S/C10H16/c1-6-9(4)7-10(5)8(2)3/h6-7H,1H2,2-5H3/b9-7-. The first-order valence-corrected chi connectivity index (χ1v) is 3.52. The molecule has 0 amide bonds. The Kier molecular flexibility index (Phi) is 3.78. The van der Waals surface area contributed by atoms with Crippen LogP contribution in [0.5, 0.6) is 0 Å². The van der Waals surface area contributed by atoms with Crippen LogP contribution in [-0.4, -0.2) is 0 Å². The fourth-order valence-corrected chi connectivity index (χ4v) is 0.545. The van der Waals surface area contributed by atoms with Gasteiger partial charge in [-0.2, -0.15) is 0 Å². The first-order valence-electron chi connectivity index (χ1n) is 3.52. The van der Waals surface area contributed by atoms with Crippen LogP contribution in [0.3, 0.4) is 0 Å². The molecule has 0 saturated carbocycles. The molecule has 0 heterocycles. The van der Waals surface area contributed by atoms with Crippen LogP contribution in [-0.2, 0) is 0 Å². The number of hydrogen-bond acceptors (Lipinski definition) is 0. The normalized spacial score (nSPS) is 11.0. The highest BCUT2D eigenvalue weighted by Gasteiger charge is 1.86. The summed E-state index contributed by atoms with van der Waals surface area (Å²) < 4.78 is 0. The van der Waals surface area contributed by atoms with Crippen molar-refractivity contribution in [3.05, 3.63) is 35.5 Å². The van der Waals surface area contributed by atoms with Crippen LogP contribution in [0.2, 0.25) is 0 Å². The van der Waals surface area contributed by atoms with Crippen molar-refractivity contribution in [3.8, 4) is 0 Å². The van der Waals surface area contributed by atoms with E-state index in [-0.39, 0.29) is 0 Å². The van der Waals surface area contributed by atoms with E-state index in [1.54, 1.807) is 0 Å². The molecule has 0 aliphatic heterocycles. The molecular weight excluding hydrogens is 120 g/mol. The summed E-state index contributed by atoms with van der Waals surface area (Å²) in [5, 5.41) is 0. The van der Waals surface area contributed by atoms with Crippen molar-refractivity contribution >= 4 is 0 Å². The van der Waals surface area contributed by atoms with Crippen LogP contribution >= 0.6 is 0 Å². The Morgan fingerprint density at radius 2 is 1.60 bits per heavy atom. The molecule has 0 aromatic rings. The molecule has 0 N–H and O–H groups in total. The third kappa shape index (κ3) is 3.29. The fraction of sp³-hybridized carbons (Fsp3) is 0.400. The van der Waals surface area contributed by atoms with Crippen LogP contribution in [0.25, 0.3) is 0 Å². The summed E-state index contributed by atoms with van der Waals surface area (Å²) in [6, 6.07) is 0. The highest BCUT2D eigenvalue weighted by atomic mass is 13.9. The van der Waals surface area contributed by atoms with Gasteiger partial charge in [-0.25, -0.2) is 0 Å². The van der Waals surface area contributed by atoms with Crippen LogP contribution in [0, 0.1) is 0 Å². The molecule has 0 unspecified atom stereocenters. The molecule has 0 fully saturated rings. The first-order chi connectivity index (χ1) is 4.57. The average molecular weight is 136 g/mol. The Hall–Kier alpha value is -0.780. The van der Waals surface area contributed by atoms with E-state index < -0.39 is 0 Å². The molecule has 0 aromatic heterocycles. The second kappa shape index (κ2) is 4.10. The quantitative estimate of drug-likeness (QED) is 0.510. The molecule has 0 radical (unpaired) electrons. The second-order valence-corrected chi connectivity index (χ2v) is 2.78. The predicted molar refractivity (Wildman–Crippen MR) is 48.0 cm³/mol. The smallest absolute Gasteiger partial charge is 0.0398 e. The molecule has 0 aliphatic rings. The first kappa shape index (κ1) is 9.22. The van der Waals surface area contributed by atoms with E-state index in [9.17, 15) is 0 Å². The van der Waals surface area contributed by atoms with Crippen molar-refractivity contribution in [2.24, 2.45) is 0 Å². The molecular formula is C10H16. The van der Waals surface area contributed by atoms with Crippen molar-refractivity contribution in [2.75, 3.05) is 0 Å². The lowest BCUT2D eigenvalue weighted by molar-refractivity contribution is 1.28. The summed E-state index contributed by atoms with van der Waals surface area (Å²) in [5.74, 6) is 0.